The maximum atomic E-state index is 6.18. The van der Waals surface area contributed by atoms with Crippen molar-refractivity contribution in [1.82, 2.24) is 5.32 Å². The van der Waals surface area contributed by atoms with E-state index in [0.717, 1.165) is 38.6 Å². The average Bonchev–Trinajstić information content (AvgIpc) is 2.36. The molecule has 1 fully saturated rings. The zero-order valence-electron chi connectivity index (χ0n) is 11.8. The minimum absolute atomic E-state index is 0.0935. The molecule has 1 aliphatic rings. The normalized spacial score (nSPS) is 29.5. The Morgan fingerprint density at radius 3 is 2.53 bits per heavy atom. The molecule has 0 bridgehead atoms. The van der Waals surface area contributed by atoms with Crippen molar-refractivity contribution in [3.63, 3.8) is 0 Å². The molecule has 0 aromatic heterocycles. The predicted octanol–water partition coefficient (Wildman–Crippen LogP) is 2.60. The topological polar surface area (TPSA) is 30.5 Å². The second-order valence-electron chi connectivity index (χ2n) is 5.34. The van der Waals surface area contributed by atoms with Crippen molar-refractivity contribution in [2.24, 2.45) is 5.92 Å². The van der Waals surface area contributed by atoms with Gasteiger partial charge in [0.05, 0.1) is 5.60 Å². The van der Waals surface area contributed by atoms with Crippen LogP contribution in [0.25, 0.3) is 0 Å². The van der Waals surface area contributed by atoms with Crippen molar-refractivity contribution >= 4 is 0 Å². The summed E-state index contributed by atoms with van der Waals surface area (Å²) >= 11 is 0. The van der Waals surface area contributed by atoms with Crippen LogP contribution in [-0.4, -0.2) is 39.0 Å². The van der Waals surface area contributed by atoms with E-state index >= 15 is 0 Å². The van der Waals surface area contributed by atoms with Gasteiger partial charge in [0.25, 0.3) is 0 Å². The van der Waals surface area contributed by atoms with Gasteiger partial charge in [0, 0.05) is 26.9 Å². The van der Waals surface area contributed by atoms with Crippen LogP contribution < -0.4 is 5.32 Å². The molecule has 0 aromatic rings. The summed E-state index contributed by atoms with van der Waals surface area (Å²) in [6, 6.07) is 0. The molecule has 3 nitrogen and oxygen atoms in total. The van der Waals surface area contributed by atoms with Crippen LogP contribution in [-0.2, 0) is 9.47 Å². The van der Waals surface area contributed by atoms with Crippen molar-refractivity contribution in [2.75, 3.05) is 33.4 Å². The van der Waals surface area contributed by atoms with Gasteiger partial charge in [-0.05, 0) is 44.6 Å². The molecule has 0 amide bonds. The number of methoxy groups -OCH3 is 1. The van der Waals surface area contributed by atoms with Crippen molar-refractivity contribution in [2.45, 2.75) is 51.6 Å². The first-order chi connectivity index (χ1) is 8.22. The third kappa shape index (κ3) is 5.36. The van der Waals surface area contributed by atoms with E-state index in [9.17, 15) is 0 Å². The van der Waals surface area contributed by atoms with Gasteiger partial charge in [-0.15, -0.1) is 0 Å². The maximum absolute atomic E-state index is 6.18. The molecular formula is C14H29NO2. The standard InChI is InChI=1S/C14H29NO2/c1-4-15-12-14(17-11-5-10-16-3)8-6-13(2)7-9-14/h13,15H,4-12H2,1-3H3. The number of nitrogens with one attached hydrogen (secondary N) is 1. The molecule has 0 radical (unpaired) electrons. The SMILES string of the molecule is CCNCC1(OCCCOC)CCC(C)CC1. The summed E-state index contributed by atoms with van der Waals surface area (Å²) in [4.78, 5) is 0. The van der Waals surface area contributed by atoms with E-state index in [0.29, 0.717) is 0 Å². The summed E-state index contributed by atoms with van der Waals surface area (Å²) in [7, 11) is 1.75. The first-order valence-corrected chi connectivity index (χ1v) is 7.06. The quantitative estimate of drug-likeness (QED) is 0.665. The first-order valence-electron chi connectivity index (χ1n) is 7.06. The van der Waals surface area contributed by atoms with Crippen LogP contribution in [0.5, 0.6) is 0 Å². The molecule has 3 heteroatoms. The molecule has 102 valence electrons. The predicted molar refractivity (Wildman–Crippen MR) is 71.4 cm³/mol. The van der Waals surface area contributed by atoms with Crippen LogP contribution in [0.2, 0.25) is 0 Å². The van der Waals surface area contributed by atoms with Gasteiger partial charge in [0.1, 0.15) is 0 Å². The number of hydrogen-bond donors (Lipinski definition) is 1. The van der Waals surface area contributed by atoms with E-state index in [1.54, 1.807) is 7.11 Å². The van der Waals surface area contributed by atoms with Gasteiger partial charge < -0.3 is 14.8 Å². The molecule has 1 aliphatic carbocycles. The zero-order valence-corrected chi connectivity index (χ0v) is 11.8. The number of likely N-dealkylation sites (N-methyl/N-ethyl adjacent to an activating group) is 1. The van der Waals surface area contributed by atoms with Gasteiger partial charge in [-0.25, -0.2) is 0 Å². The molecule has 0 heterocycles. The molecule has 1 saturated carbocycles. The molecular weight excluding hydrogens is 214 g/mol. The number of rotatable bonds is 8. The average molecular weight is 243 g/mol. The highest BCUT2D eigenvalue weighted by Gasteiger charge is 2.34. The largest absolute Gasteiger partial charge is 0.385 e. The monoisotopic (exact) mass is 243 g/mol. The minimum atomic E-state index is 0.0935. The van der Waals surface area contributed by atoms with Crippen molar-refractivity contribution in [3.05, 3.63) is 0 Å². The van der Waals surface area contributed by atoms with Crippen LogP contribution in [0.3, 0.4) is 0 Å². The van der Waals surface area contributed by atoms with E-state index in [1.807, 2.05) is 0 Å². The molecule has 1 N–H and O–H groups in total. The van der Waals surface area contributed by atoms with Gasteiger partial charge in [-0.1, -0.05) is 13.8 Å². The summed E-state index contributed by atoms with van der Waals surface area (Å²) in [5, 5.41) is 3.46. The minimum Gasteiger partial charge on any atom is -0.385 e. The molecule has 0 aliphatic heterocycles. The van der Waals surface area contributed by atoms with Crippen LogP contribution in [0, 0.1) is 5.92 Å². The number of ether oxygens (including phenoxy) is 2. The lowest BCUT2D eigenvalue weighted by Gasteiger charge is -2.39. The lowest BCUT2D eigenvalue weighted by molar-refractivity contribution is -0.0788. The Hall–Kier alpha value is -0.120. The Morgan fingerprint density at radius 1 is 1.24 bits per heavy atom. The maximum Gasteiger partial charge on any atom is 0.0806 e. The fourth-order valence-corrected chi connectivity index (χ4v) is 2.51. The van der Waals surface area contributed by atoms with E-state index in [2.05, 4.69) is 19.2 Å². The molecule has 17 heavy (non-hydrogen) atoms. The van der Waals surface area contributed by atoms with E-state index in [4.69, 9.17) is 9.47 Å². The third-order valence-corrected chi connectivity index (χ3v) is 3.78. The van der Waals surface area contributed by atoms with Crippen LogP contribution >= 0.6 is 0 Å². The van der Waals surface area contributed by atoms with Gasteiger partial charge in [0.15, 0.2) is 0 Å². The van der Waals surface area contributed by atoms with E-state index in [1.165, 1.54) is 25.7 Å². The molecule has 0 unspecified atom stereocenters. The van der Waals surface area contributed by atoms with Crippen molar-refractivity contribution in [1.29, 1.82) is 0 Å². The molecule has 1 rings (SSSR count). The van der Waals surface area contributed by atoms with Gasteiger partial charge in [-0.2, -0.15) is 0 Å². The van der Waals surface area contributed by atoms with E-state index in [-0.39, 0.29) is 5.60 Å². The van der Waals surface area contributed by atoms with E-state index < -0.39 is 0 Å². The highest BCUT2D eigenvalue weighted by Crippen LogP contribution is 2.34. The third-order valence-electron chi connectivity index (χ3n) is 3.78. The fourth-order valence-electron chi connectivity index (χ4n) is 2.51. The molecule has 0 spiro atoms. The number of hydrogen-bond acceptors (Lipinski definition) is 3. The van der Waals surface area contributed by atoms with Crippen LogP contribution in [0.4, 0.5) is 0 Å². The Bertz CT molecular complexity index is 183. The molecule has 0 atom stereocenters. The van der Waals surface area contributed by atoms with Crippen LogP contribution in [0.1, 0.15) is 46.0 Å². The summed E-state index contributed by atoms with van der Waals surface area (Å²) in [6.45, 7) is 8.16. The highest BCUT2D eigenvalue weighted by atomic mass is 16.5. The molecule has 0 aromatic carbocycles. The van der Waals surface area contributed by atoms with Gasteiger partial charge in [0.2, 0.25) is 0 Å². The fraction of sp³-hybridized carbons (Fsp3) is 1.00. The second kappa shape index (κ2) is 8.06. The summed E-state index contributed by atoms with van der Waals surface area (Å²) in [6.07, 6.45) is 6.01. The van der Waals surface area contributed by atoms with Gasteiger partial charge in [-0.3, -0.25) is 0 Å². The van der Waals surface area contributed by atoms with Gasteiger partial charge >= 0.3 is 0 Å². The summed E-state index contributed by atoms with van der Waals surface area (Å²) in [5.74, 6) is 0.868. The smallest absolute Gasteiger partial charge is 0.0806 e. The van der Waals surface area contributed by atoms with Crippen molar-refractivity contribution in [3.8, 4) is 0 Å². The van der Waals surface area contributed by atoms with Crippen molar-refractivity contribution < 1.29 is 9.47 Å². The summed E-state index contributed by atoms with van der Waals surface area (Å²) in [5.41, 5.74) is 0.0935. The molecule has 0 saturated heterocycles. The first kappa shape index (κ1) is 14.9. The lowest BCUT2D eigenvalue weighted by Crippen LogP contribution is -2.46. The zero-order chi connectivity index (χ0) is 12.6. The Balaban J connectivity index is 2.36. The van der Waals surface area contributed by atoms with Crippen LogP contribution in [0.15, 0.2) is 0 Å². The summed E-state index contributed by atoms with van der Waals surface area (Å²) < 4.78 is 11.2. The second-order valence-corrected chi connectivity index (χ2v) is 5.34. The Morgan fingerprint density at radius 2 is 1.94 bits per heavy atom. The Kier molecular flexibility index (Phi) is 7.09. The lowest BCUT2D eigenvalue weighted by atomic mass is 9.79. The highest BCUT2D eigenvalue weighted by molar-refractivity contribution is 4.88. The Labute approximate surface area is 106 Å².